The second kappa shape index (κ2) is 4.73. The number of rotatable bonds is 2. The summed E-state index contributed by atoms with van der Waals surface area (Å²) in [6.45, 7) is 4.17. The Morgan fingerprint density at radius 3 is 2.47 bits per heavy atom. The van der Waals surface area contributed by atoms with Gasteiger partial charge in [-0.3, -0.25) is 0 Å². The van der Waals surface area contributed by atoms with Gasteiger partial charge in [-0.15, -0.1) is 0 Å². The molecule has 3 rings (SSSR count). The molecule has 1 aromatic heterocycles. The van der Waals surface area contributed by atoms with Crippen LogP contribution in [0.2, 0.25) is 0 Å². The van der Waals surface area contributed by atoms with Gasteiger partial charge in [-0.1, -0.05) is 53.2 Å². The first-order chi connectivity index (χ1) is 9.24. The first-order valence-electron chi connectivity index (χ1n) is 6.34. The van der Waals surface area contributed by atoms with Crippen LogP contribution in [0.25, 0.3) is 22.6 Å². The Bertz CT molecular complexity index is 698. The molecule has 3 aromatic rings. The Labute approximate surface area is 112 Å². The van der Waals surface area contributed by atoms with Gasteiger partial charge in [0, 0.05) is 17.2 Å². The van der Waals surface area contributed by atoms with Gasteiger partial charge in [0.25, 0.3) is 0 Å². The zero-order valence-corrected chi connectivity index (χ0v) is 11.1. The van der Waals surface area contributed by atoms with Gasteiger partial charge in [-0.25, -0.2) is 0 Å². The highest BCUT2D eigenvalue weighted by Crippen LogP contribution is 2.28. The van der Waals surface area contributed by atoms with E-state index in [9.17, 15) is 0 Å². The minimum absolute atomic E-state index is 0.802. The highest BCUT2D eigenvalue weighted by Gasteiger charge is 2.10. The van der Waals surface area contributed by atoms with E-state index in [1.807, 2.05) is 36.4 Å². The highest BCUT2D eigenvalue weighted by atomic mass is 16.5. The van der Waals surface area contributed by atoms with Gasteiger partial charge < -0.3 is 4.52 Å². The Hall–Kier alpha value is -2.35. The minimum atomic E-state index is 0.802. The van der Waals surface area contributed by atoms with Gasteiger partial charge in [-0.05, 0) is 25.5 Å². The van der Waals surface area contributed by atoms with E-state index in [4.69, 9.17) is 4.52 Å². The molecular formula is C17H15NO. The summed E-state index contributed by atoms with van der Waals surface area (Å²) < 4.78 is 5.45. The topological polar surface area (TPSA) is 26.0 Å². The predicted octanol–water partition coefficient (Wildman–Crippen LogP) is 4.63. The first-order valence-corrected chi connectivity index (χ1v) is 6.34. The number of hydrogen-bond donors (Lipinski definition) is 0. The Morgan fingerprint density at radius 2 is 1.68 bits per heavy atom. The van der Waals surface area contributed by atoms with Gasteiger partial charge in [0.15, 0.2) is 5.76 Å². The van der Waals surface area contributed by atoms with Crippen LogP contribution in [0.4, 0.5) is 0 Å². The summed E-state index contributed by atoms with van der Waals surface area (Å²) in [5, 5.41) is 4.19. The van der Waals surface area contributed by atoms with Crippen molar-refractivity contribution in [1.29, 1.82) is 0 Å². The van der Waals surface area contributed by atoms with Crippen molar-refractivity contribution in [3.05, 3.63) is 65.7 Å². The number of hydrogen-bond acceptors (Lipinski definition) is 2. The van der Waals surface area contributed by atoms with Gasteiger partial charge in [-0.2, -0.15) is 0 Å². The molecule has 0 unspecified atom stereocenters. The van der Waals surface area contributed by atoms with Crippen LogP contribution < -0.4 is 0 Å². The van der Waals surface area contributed by atoms with Crippen molar-refractivity contribution in [3.63, 3.8) is 0 Å². The van der Waals surface area contributed by atoms with E-state index in [1.165, 1.54) is 11.1 Å². The molecule has 0 bridgehead atoms. The van der Waals surface area contributed by atoms with Crippen LogP contribution in [0.1, 0.15) is 11.1 Å². The first kappa shape index (κ1) is 11.7. The van der Waals surface area contributed by atoms with Crippen molar-refractivity contribution < 1.29 is 4.52 Å². The van der Waals surface area contributed by atoms with E-state index in [-0.39, 0.29) is 0 Å². The van der Waals surface area contributed by atoms with Crippen LogP contribution in [-0.2, 0) is 0 Å². The van der Waals surface area contributed by atoms with Crippen molar-refractivity contribution in [3.8, 4) is 22.6 Å². The molecule has 0 radical (unpaired) electrons. The number of aromatic nitrogens is 1. The molecule has 1 heterocycles. The summed E-state index contributed by atoms with van der Waals surface area (Å²) >= 11 is 0. The largest absolute Gasteiger partial charge is 0.356 e. The number of aryl methyl sites for hydroxylation is 2. The summed E-state index contributed by atoms with van der Waals surface area (Å²) in [4.78, 5) is 0. The fourth-order valence-electron chi connectivity index (χ4n) is 2.15. The van der Waals surface area contributed by atoms with Crippen LogP contribution in [0.3, 0.4) is 0 Å². The van der Waals surface area contributed by atoms with E-state index < -0.39 is 0 Å². The smallest absolute Gasteiger partial charge is 0.167 e. The van der Waals surface area contributed by atoms with Crippen LogP contribution in [0.15, 0.2) is 59.1 Å². The molecule has 94 valence electrons. The van der Waals surface area contributed by atoms with Crippen LogP contribution in [0.5, 0.6) is 0 Å². The standard InChI is InChI=1S/C17H15NO/c1-12-8-9-13(2)15(10-12)16-11-17(19-18-16)14-6-4-3-5-7-14/h3-11H,1-2H3. The average Bonchev–Trinajstić information content (AvgIpc) is 2.92. The summed E-state index contributed by atoms with van der Waals surface area (Å²) in [7, 11) is 0. The highest BCUT2D eigenvalue weighted by molar-refractivity contribution is 5.69. The number of benzene rings is 2. The maximum absolute atomic E-state index is 5.45. The van der Waals surface area contributed by atoms with Gasteiger partial charge >= 0.3 is 0 Å². The SMILES string of the molecule is Cc1ccc(C)c(-c2cc(-c3ccccc3)on2)c1. The third-order valence-corrected chi connectivity index (χ3v) is 3.24. The molecule has 0 amide bonds. The fraction of sp³-hybridized carbons (Fsp3) is 0.118. The van der Waals surface area contributed by atoms with Gasteiger partial charge in [0.05, 0.1) is 0 Å². The zero-order chi connectivity index (χ0) is 13.2. The summed E-state index contributed by atoms with van der Waals surface area (Å²) in [6.07, 6.45) is 0. The maximum Gasteiger partial charge on any atom is 0.167 e. The minimum Gasteiger partial charge on any atom is -0.356 e. The molecule has 0 saturated heterocycles. The van der Waals surface area contributed by atoms with Crippen molar-refractivity contribution >= 4 is 0 Å². The molecule has 0 aliphatic heterocycles. The van der Waals surface area contributed by atoms with E-state index >= 15 is 0 Å². The lowest BCUT2D eigenvalue weighted by Crippen LogP contribution is -1.84. The summed E-state index contributed by atoms with van der Waals surface area (Å²) in [5.41, 5.74) is 5.50. The molecule has 0 atom stereocenters. The normalized spacial score (nSPS) is 10.6. The van der Waals surface area contributed by atoms with Crippen molar-refractivity contribution in [2.75, 3.05) is 0 Å². The molecule has 0 aliphatic rings. The van der Waals surface area contributed by atoms with Crippen molar-refractivity contribution in [2.24, 2.45) is 0 Å². The average molecular weight is 249 g/mol. The molecule has 2 aromatic carbocycles. The lowest BCUT2D eigenvalue weighted by molar-refractivity contribution is 0.435. The molecule has 0 aliphatic carbocycles. The zero-order valence-electron chi connectivity index (χ0n) is 11.1. The summed E-state index contributed by atoms with van der Waals surface area (Å²) in [5.74, 6) is 0.802. The van der Waals surface area contributed by atoms with Crippen LogP contribution in [0, 0.1) is 13.8 Å². The second-order valence-corrected chi connectivity index (χ2v) is 4.76. The Kier molecular flexibility index (Phi) is 2.92. The maximum atomic E-state index is 5.45. The predicted molar refractivity (Wildman–Crippen MR) is 76.8 cm³/mol. The fourth-order valence-corrected chi connectivity index (χ4v) is 2.15. The third kappa shape index (κ3) is 2.29. The van der Waals surface area contributed by atoms with Crippen LogP contribution >= 0.6 is 0 Å². The quantitative estimate of drug-likeness (QED) is 0.662. The molecule has 0 spiro atoms. The third-order valence-electron chi connectivity index (χ3n) is 3.24. The molecule has 2 heteroatoms. The van der Waals surface area contributed by atoms with E-state index in [0.717, 1.165) is 22.6 Å². The van der Waals surface area contributed by atoms with E-state index in [2.05, 4.69) is 37.2 Å². The monoisotopic (exact) mass is 249 g/mol. The molecule has 2 nitrogen and oxygen atoms in total. The molecule has 0 saturated carbocycles. The van der Waals surface area contributed by atoms with E-state index in [1.54, 1.807) is 0 Å². The molecule has 0 fully saturated rings. The lowest BCUT2D eigenvalue weighted by Gasteiger charge is -2.02. The van der Waals surface area contributed by atoms with Crippen molar-refractivity contribution in [2.45, 2.75) is 13.8 Å². The Balaban J connectivity index is 2.04. The number of nitrogens with zero attached hydrogens (tertiary/aromatic N) is 1. The van der Waals surface area contributed by atoms with Crippen LogP contribution in [-0.4, -0.2) is 5.16 Å². The van der Waals surface area contributed by atoms with E-state index in [0.29, 0.717) is 0 Å². The second-order valence-electron chi connectivity index (χ2n) is 4.76. The summed E-state index contributed by atoms with van der Waals surface area (Å²) in [6, 6.07) is 18.4. The molecular weight excluding hydrogens is 234 g/mol. The Morgan fingerprint density at radius 1 is 0.895 bits per heavy atom. The van der Waals surface area contributed by atoms with Gasteiger partial charge in [0.2, 0.25) is 0 Å². The molecule has 19 heavy (non-hydrogen) atoms. The van der Waals surface area contributed by atoms with Gasteiger partial charge in [0.1, 0.15) is 5.69 Å². The van der Waals surface area contributed by atoms with Crippen molar-refractivity contribution in [1.82, 2.24) is 5.16 Å². The molecule has 0 N–H and O–H groups in total. The lowest BCUT2D eigenvalue weighted by atomic mass is 10.0.